The van der Waals surface area contributed by atoms with Gasteiger partial charge in [-0.3, -0.25) is 9.69 Å². The van der Waals surface area contributed by atoms with Gasteiger partial charge in [0.1, 0.15) is 0 Å². The summed E-state index contributed by atoms with van der Waals surface area (Å²) in [7, 11) is 0. The van der Waals surface area contributed by atoms with Crippen molar-refractivity contribution < 1.29 is 4.79 Å². The van der Waals surface area contributed by atoms with Crippen LogP contribution in [0.2, 0.25) is 0 Å². The fourth-order valence-corrected chi connectivity index (χ4v) is 3.67. The predicted molar refractivity (Wildman–Crippen MR) is 85.4 cm³/mol. The zero-order valence-electron chi connectivity index (χ0n) is 13.0. The number of nitrogens with one attached hydrogen (secondary N) is 1. The Morgan fingerprint density at radius 2 is 1.86 bits per heavy atom. The van der Waals surface area contributed by atoms with E-state index in [0.717, 1.165) is 43.7 Å². The van der Waals surface area contributed by atoms with Gasteiger partial charge in [0.15, 0.2) is 0 Å². The lowest BCUT2D eigenvalue weighted by Crippen LogP contribution is -2.44. The molecule has 1 amide bonds. The third-order valence-corrected chi connectivity index (χ3v) is 4.64. The average Bonchev–Trinajstić information content (AvgIpc) is 3.00. The van der Waals surface area contributed by atoms with Gasteiger partial charge < -0.3 is 10.2 Å². The minimum Gasteiger partial charge on any atom is -0.316 e. The van der Waals surface area contributed by atoms with Crippen molar-refractivity contribution in [1.82, 2.24) is 10.2 Å². The van der Waals surface area contributed by atoms with Gasteiger partial charge in [0.2, 0.25) is 5.91 Å². The van der Waals surface area contributed by atoms with Crippen LogP contribution in [0.5, 0.6) is 0 Å². The number of para-hydroxylation sites is 1. The lowest BCUT2D eigenvalue weighted by Gasteiger charge is -2.29. The molecule has 0 radical (unpaired) electrons. The van der Waals surface area contributed by atoms with Crippen LogP contribution in [0.25, 0.3) is 0 Å². The van der Waals surface area contributed by atoms with E-state index in [1.54, 1.807) is 0 Å². The van der Waals surface area contributed by atoms with Gasteiger partial charge in [0, 0.05) is 24.8 Å². The summed E-state index contributed by atoms with van der Waals surface area (Å²) in [6.07, 6.45) is 0. The lowest BCUT2D eigenvalue weighted by molar-refractivity contribution is -0.119. The van der Waals surface area contributed by atoms with Crippen molar-refractivity contribution in [2.75, 3.05) is 37.6 Å². The fraction of sp³-hybridized carbons (Fsp3) is 0.588. The quantitative estimate of drug-likeness (QED) is 0.913. The van der Waals surface area contributed by atoms with Crippen molar-refractivity contribution in [1.29, 1.82) is 0 Å². The Morgan fingerprint density at radius 3 is 2.43 bits per heavy atom. The summed E-state index contributed by atoms with van der Waals surface area (Å²) >= 11 is 0. The molecule has 114 valence electrons. The van der Waals surface area contributed by atoms with E-state index in [1.165, 1.54) is 0 Å². The van der Waals surface area contributed by atoms with Crippen LogP contribution in [0.15, 0.2) is 30.3 Å². The molecule has 4 heteroatoms. The molecule has 0 saturated carbocycles. The van der Waals surface area contributed by atoms with Gasteiger partial charge in [0.05, 0.1) is 6.54 Å². The van der Waals surface area contributed by atoms with E-state index >= 15 is 0 Å². The minimum atomic E-state index is 0.184. The SMILES string of the molecule is CC(C)N(C(=O)CN1C[C@H]2CNC[C@H]2C1)c1ccccc1. The molecule has 0 aromatic heterocycles. The number of benzene rings is 1. The number of likely N-dealkylation sites (tertiary alicyclic amines) is 1. The summed E-state index contributed by atoms with van der Waals surface area (Å²) in [4.78, 5) is 17.0. The summed E-state index contributed by atoms with van der Waals surface area (Å²) < 4.78 is 0. The Bertz CT molecular complexity index is 476. The topological polar surface area (TPSA) is 35.6 Å². The largest absolute Gasteiger partial charge is 0.316 e. The smallest absolute Gasteiger partial charge is 0.241 e. The second kappa shape index (κ2) is 6.16. The Kier molecular flexibility index (Phi) is 4.27. The Morgan fingerprint density at radius 1 is 1.24 bits per heavy atom. The highest BCUT2D eigenvalue weighted by atomic mass is 16.2. The number of anilines is 1. The second-order valence-electron chi connectivity index (χ2n) is 6.57. The molecule has 1 aromatic rings. The van der Waals surface area contributed by atoms with Gasteiger partial charge in [-0.25, -0.2) is 0 Å². The first-order valence-electron chi connectivity index (χ1n) is 7.95. The lowest BCUT2D eigenvalue weighted by atomic mass is 10.0. The molecule has 2 heterocycles. The summed E-state index contributed by atoms with van der Waals surface area (Å²) in [5.41, 5.74) is 0.999. The summed E-state index contributed by atoms with van der Waals surface area (Å²) in [6, 6.07) is 10.2. The van der Waals surface area contributed by atoms with E-state index in [4.69, 9.17) is 0 Å². The standard InChI is InChI=1S/C17H25N3O/c1-13(2)20(16-6-4-3-5-7-16)17(21)12-19-10-14-8-18-9-15(14)11-19/h3-7,13-15,18H,8-12H2,1-2H3/t14-,15+. The minimum absolute atomic E-state index is 0.184. The van der Waals surface area contributed by atoms with Crippen LogP contribution in [0.3, 0.4) is 0 Å². The maximum atomic E-state index is 12.7. The van der Waals surface area contributed by atoms with E-state index in [9.17, 15) is 4.79 Å². The molecule has 2 aliphatic rings. The van der Waals surface area contributed by atoms with E-state index in [1.807, 2.05) is 35.2 Å². The molecule has 3 rings (SSSR count). The maximum Gasteiger partial charge on any atom is 0.241 e. The molecule has 21 heavy (non-hydrogen) atoms. The molecule has 0 spiro atoms. The van der Waals surface area contributed by atoms with Crippen molar-refractivity contribution in [3.8, 4) is 0 Å². The summed E-state index contributed by atoms with van der Waals surface area (Å²) in [5, 5.41) is 3.44. The number of hydrogen-bond donors (Lipinski definition) is 1. The Balaban J connectivity index is 1.65. The number of carbonyl (C=O) groups is 1. The van der Waals surface area contributed by atoms with Crippen molar-refractivity contribution >= 4 is 11.6 Å². The van der Waals surface area contributed by atoms with E-state index in [-0.39, 0.29) is 11.9 Å². The summed E-state index contributed by atoms with van der Waals surface area (Å²) in [6.45, 7) is 9.04. The molecular formula is C17H25N3O. The third kappa shape index (κ3) is 3.11. The molecule has 4 nitrogen and oxygen atoms in total. The van der Waals surface area contributed by atoms with Gasteiger partial charge in [-0.2, -0.15) is 0 Å². The molecule has 2 aliphatic heterocycles. The highest BCUT2D eigenvalue weighted by Gasteiger charge is 2.37. The Labute approximate surface area is 127 Å². The molecule has 0 bridgehead atoms. The third-order valence-electron chi connectivity index (χ3n) is 4.64. The van der Waals surface area contributed by atoms with Gasteiger partial charge in [-0.15, -0.1) is 0 Å². The van der Waals surface area contributed by atoms with Crippen LogP contribution in [0.4, 0.5) is 5.69 Å². The number of hydrogen-bond acceptors (Lipinski definition) is 3. The van der Waals surface area contributed by atoms with Crippen molar-refractivity contribution in [2.24, 2.45) is 11.8 Å². The average molecular weight is 287 g/mol. The number of rotatable bonds is 4. The molecule has 2 saturated heterocycles. The van der Waals surface area contributed by atoms with Crippen molar-refractivity contribution in [3.63, 3.8) is 0 Å². The van der Waals surface area contributed by atoms with Crippen LogP contribution in [0, 0.1) is 11.8 Å². The van der Waals surface area contributed by atoms with Gasteiger partial charge in [0.25, 0.3) is 0 Å². The van der Waals surface area contributed by atoms with Gasteiger partial charge >= 0.3 is 0 Å². The van der Waals surface area contributed by atoms with Crippen molar-refractivity contribution in [2.45, 2.75) is 19.9 Å². The van der Waals surface area contributed by atoms with Crippen LogP contribution in [0.1, 0.15) is 13.8 Å². The zero-order valence-corrected chi connectivity index (χ0v) is 13.0. The molecule has 2 atom stereocenters. The number of nitrogens with zero attached hydrogens (tertiary/aromatic N) is 2. The van der Waals surface area contributed by atoms with E-state index < -0.39 is 0 Å². The normalized spacial score (nSPS) is 25.3. The second-order valence-corrected chi connectivity index (χ2v) is 6.57. The molecule has 0 unspecified atom stereocenters. The monoisotopic (exact) mass is 287 g/mol. The first-order valence-corrected chi connectivity index (χ1v) is 7.95. The number of fused-ring (bicyclic) bond motifs is 1. The number of amides is 1. The van der Waals surface area contributed by atoms with E-state index in [2.05, 4.69) is 24.1 Å². The zero-order chi connectivity index (χ0) is 14.8. The van der Waals surface area contributed by atoms with Crippen LogP contribution in [-0.2, 0) is 4.79 Å². The van der Waals surface area contributed by atoms with Crippen molar-refractivity contribution in [3.05, 3.63) is 30.3 Å². The first kappa shape index (κ1) is 14.5. The summed E-state index contributed by atoms with van der Waals surface area (Å²) in [5.74, 6) is 1.69. The van der Waals surface area contributed by atoms with Crippen LogP contribution >= 0.6 is 0 Å². The number of carbonyl (C=O) groups excluding carboxylic acids is 1. The van der Waals surface area contributed by atoms with Crippen LogP contribution < -0.4 is 10.2 Å². The molecule has 0 aliphatic carbocycles. The van der Waals surface area contributed by atoms with Crippen LogP contribution in [-0.4, -0.2) is 49.6 Å². The van der Waals surface area contributed by atoms with Gasteiger partial charge in [-0.05, 0) is 50.9 Å². The Hall–Kier alpha value is -1.39. The maximum absolute atomic E-state index is 12.7. The van der Waals surface area contributed by atoms with Gasteiger partial charge in [-0.1, -0.05) is 18.2 Å². The molecule has 2 fully saturated rings. The highest BCUT2D eigenvalue weighted by Crippen LogP contribution is 2.26. The molecule has 1 aromatic carbocycles. The fourth-order valence-electron chi connectivity index (χ4n) is 3.67. The first-order chi connectivity index (χ1) is 10.1. The predicted octanol–water partition coefficient (Wildman–Crippen LogP) is 1.58. The molecular weight excluding hydrogens is 262 g/mol. The highest BCUT2D eigenvalue weighted by molar-refractivity contribution is 5.95. The van der Waals surface area contributed by atoms with E-state index in [0.29, 0.717) is 6.54 Å². The molecule has 1 N–H and O–H groups in total.